The van der Waals surface area contributed by atoms with Crippen LogP contribution in [0.2, 0.25) is 0 Å². The SMILES string of the molecule is CC1(CNc2ccc(C(F)(F)F)cc2N)CCOCC1. The van der Waals surface area contributed by atoms with Gasteiger partial charge in [-0.1, -0.05) is 6.92 Å². The van der Waals surface area contributed by atoms with Crippen LogP contribution < -0.4 is 11.1 Å². The Morgan fingerprint density at radius 1 is 1.30 bits per heavy atom. The largest absolute Gasteiger partial charge is 0.416 e. The number of benzene rings is 1. The number of ether oxygens (including phenoxy) is 1. The van der Waals surface area contributed by atoms with Crippen molar-refractivity contribution in [1.82, 2.24) is 0 Å². The van der Waals surface area contributed by atoms with Crippen LogP contribution >= 0.6 is 0 Å². The second-order valence-electron chi connectivity index (χ2n) is 5.58. The number of hydrogen-bond donors (Lipinski definition) is 2. The maximum Gasteiger partial charge on any atom is 0.416 e. The third-order valence-corrected chi connectivity index (χ3v) is 3.78. The van der Waals surface area contributed by atoms with E-state index >= 15 is 0 Å². The van der Waals surface area contributed by atoms with Gasteiger partial charge in [-0.15, -0.1) is 0 Å². The normalized spacial score (nSPS) is 18.8. The van der Waals surface area contributed by atoms with E-state index in [0.717, 1.165) is 38.2 Å². The number of anilines is 2. The summed E-state index contributed by atoms with van der Waals surface area (Å²) in [7, 11) is 0. The zero-order valence-electron chi connectivity index (χ0n) is 11.4. The van der Waals surface area contributed by atoms with E-state index in [4.69, 9.17) is 10.5 Å². The summed E-state index contributed by atoms with van der Waals surface area (Å²) in [6.45, 7) is 4.26. The number of hydrogen-bond acceptors (Lipinski definition) is 3. The molecule has 20 heavy (non-hydrogen) atoms. The Labute approximate surface area is 116 Å². The summed E-state index contributed by atoms with van der Waals surface area (Å²) in [6, 6.07) is 3.40. The Hall–Kier alpha value is -1.43. The van der Waals surface area contributed by atoms with Crippen LogP contribution in [0.25, 0.3) is 0 Å². The topological polar surface area (TPSA) is 47.3 Å². The van der Waals surface area contributed by atoms with Crippen molar-refractivity contribution in [1.29, 1.82) is 0 Å². The molecule has 3 nitrogen and oxygen atoms in total. The third kappa shape index (κ3) is 3.56. The second-order valence-corrected chi connectivity index (χ2v) is 5.58. The lowest BCUT2D eigenvalue weighted by molar-refractivity contribution is -0.137. The highest BCUT2D eigenvalue weighted by Crippen LogP contribution is 2.34. The molecule has 1 saturated heterocycles. The number of alkyl halides is 3. The van der Waals surface area contributed by atoms with E-state index < -0.39 is 11.7 Å². The van der Waals surface area contributed by atoms with Crippen molar-refractivity contribution in [3.05, 3.63) is 23.8 Å². The summed E-state index contributed by atoms with van der Waals surface area (Å²) in [5.74, 6) is 0. The van der Waals surface area contributed by atoms with E-state index in [9.17, 15) is 13.2 Å². The maximum atomic E-state index is 12.5. The highest BCUT2D eigenvalue weighted by Gasteiger charge is 2.31. The molecule has 1 aromatic carbocycles. The number of nitrogens with two attached hydrogens (primary N) is 1. The molecule has 0 aromatic heterocycles. The van der Waals surface area contributed by atoms with E-state index in [1.165, 1.54) is 6.07 Å². The summed E-state index contributed by atoms with van der Waals surface area (Å²) < 4.78 is 43.0. The molecule has 3 N–H and O–H groups in total. The number of nitrogens with one attached hydrogen (secondary N) is 1. The molecule has 2 rings (SSSR count). The van der Waals surface area contributed by atoms with Gasteiger partial charge in [0.1, 0.15) is 0 Å². The van der Waals surface area contributed by atoms with Crippen molar-refractivity contribution in [3.8, 4) is 0 Å². The first-order valence-electron chi connectivity index (χ1n) is 6.59. The van der Waals surface area contributed by atoms with Gasteiger partial charge in [0.25, 0.3) is 0 Å². The maximum absolute atomic E-state index is 12.5. The molecule has 1 fully saturated rings. The second kappa shape index (κ2) is 5.52. The molecule has 1 aliphatic rings. The minimum atomic E-state index is -4.36. The first kappa shape index (κ1) is 15.0. The van der Waals surface area contributed by atoms with Crippen LogP contribution in [0, 0.1) is 5.41 Å². The standard InChI is InChI=1S/C14H19F3N2O/c1-13(4-6-20-7-5-13)9-19-12-3-2-10(8-11(12)18)14(15,16)17/h2-3,8,19H,4-7,9,18H2,1H3. The average Bonchev–Trinajstić information content (AvgIpc) is 2.37. The van der Waals surface area contributed by atoms with Gasteiger partial charge >= 0.3 is 6.18 Å². The summed E-state index contributed by atoms with van der Waals surface area (Å²) in [5.41, 5.74) is 5.72. The molecule has 0 saturated carbocycles. The van der Waals surface area contributed by atoms with E-state index in [0.29, 0.717) is 12.2 Å². The minimum absolute atomic E-state index is 0.0907. The molecule has 1 heterocycles. The molecular weight excluding hydrogens is 269 g/mol. The van der Waals surface area contributed by atoms with Crippen LogP contribution in [-0.4, -0.2) is 19.8 Å². The molecule has 0 unspecified atom stereocenters. The van der Waals surface area contributed by atoms with E-state index in [1.807, 2.05) is 0 Å². The van der Waals surface area contributed by atoms with Gasteiger partial charge in [0.15, 0.2) is 0 Å². The first-order chi connectivity index (χ1) is 9.30. The third-order valence-electron chi connectivity index (χ3n) is 3.78. The van der Waals surface area contributed by atoms with Gasteiger partial charge in [-0.25, -0.2) is 0 Å². The molecule has 0 atom stereocenters. The Bertz CT molecular complexity index is 468. The molecule has 0 amide bonds. The Kier molecular flexibility index (Phi) is 4.13. The van der Waals surface area contributed by atoms with E-state index in [2.05, 4.69) is 12.2 Å². The molecule has 0 radical (unpaired) electrons. The van der Waals surface area contributed by atoms with Gasteiger partial charge in [-0.3, -0.25) is 0 Å². The quantitative estimate of drug-likeness (QED) is 0.837. The van der Waals surface area contributed by atoms with E-state index in [-0.39, 0.29) is 11.1 Å². The van der Waals surface area contributed by atoms with Crippen LogP contribution in [0.5, 0.6) is 0 Å². The molecule has 0 aliphatic carbocycles. The monoisotopic (exact) mass is 288 g/mol. The first-order valence-corrected chi connectivity index (χ1v) is 6.59. The van der Waals surface area contributed by atoms with Crippen molar-refractivity contribution in [2.75, 3.05) is 30.8 Å². The fraction of sp³-hybridized carbons (Fsp3) is 0.571. The smallest absolute Gasteiger partial charge is 0.397 e. The molecule has 0 bridgehead atoms. The van der Waals surface area contributed by atoms with E-state index in [1.54, 1.807) is 0 Å². The Morgan fingerprint density at radius 2 is 1.95 bits per heavy atom. The van der Waals surface area contributed by atoms with Crippen molar-refractivity contribution >= 4 is 11.4 Å². The predicted octanol–water partition coefficient (Wildman–Crippen LogP) is 3.52. The van der Waals surface area contributed by atoms with Gasteiger partial charge in [0, 0.05) is 19.8 Å². The van der Waals surface area contributed by atoms with Gasteiger partial charge in [-0.2, -0.15) is 13.2 Å². The minimum Gasteiger partial charge on any atom is -0.397 e. The van der Waals surface area contributed by atoms with Gasteiger partial charge in [-0.05, 0) is 36.5 Å². The average molecular weight is 288 g/mol. The fourth-order valence-electron chi connectivity index (χ4n) is 2.25. The predicted molar refractivity (Wildman–Crippen MR) is 72.5 cm³/mol. The molecule has 1 aliphatic heterocycles. The zero-order valence-corrected chi connectivity index (χ0v) is 11.4. The van der Waals surface area contributed by atoms with Crippen molar-refractivity contribution in [3.63, 3.8) is 0 Å². The van der Waals surface area contributed by atoms with Gasteiger partial charge < -0.3 is 15.8 Å². The van der Waals surface area contributed by atoms with Gasteiger partial charge in [0.2, 0.25) is 0 Å². The molecule has 0 spiro atoms. The highest BCUT2D eigenvalue weighted by atomic mass is 19.4. The van der Waals surface area contributed by atoms with Crippen LogP contribution in [0.3, 0.4) is 0 Å². The molecule has 112 valence electrons. The Morgan fingerprint density at radius 3 is 2.50 bits per heavy atom. The lowest BCUT2D eigenvalue weighted by Crippen LogP contribution is -2.33. The highest BCUT2D eigenvalue weighted by molar-refractivity contribution is 5.67. The van der Waals surface area contributed by atoms with Crippen LogP contribution in [0.4, 0.5) is 24.5 Å². The summed E-state index contributed by atoms with van der Waals surface area (Å²) in [6.07, 6.45) is -2.50. The zero-order chi connectivity index (χ0) is 14.8. The lowest BCUT2D eigenvalue weighted by atomic mass is 9.82. The van der Waals surface area contributed by atoms with Crippen molar-refractivity contribution in [2.24, 2.45) is 5.41 Å². The summed E-state index contributed by atoms with van der Waals surface area (Å²) in [4.78, 5) is 0. The summed E-state index contributed by atoms with van der Waals surface area (Å²) >= 11 is 0. The van der Waals surface area contributed by atoms with Crippen molar-refractivity contribution in [2.45, 2.75) is 25.9 Å². The van der Waals surface area contributed by atoms with Crippen molar-refractivity contribution < 1.29 is 17.9 Å². The van der Waals surface area contributed by atoms with Crippen LogP contribution in [-0.2, 0) is 10.9 Å². The molecule has 6 heteroatoms. The van der Waals surface area contributed by atoms with Crippen LogP contribution in [0.1, 0.15) is 25.3 Å². The Balaban J connectivity index is 2.03. The number of nitrogen functional groups attached to an aromatic ring is 1. The molecule has 1 aromatic rings. The summed E-state index contributed by atoms with van der Waals surface area (Å²) in [5, 5.41) is 3.15. The fourth-order valence-corrected chi connectivity index (χ4v) is 2.25. The lowest BCUT2D eigenvalue weighted by Gasteiger charge is -2.34. The van der Waals surface area contributed by atoms with Gasteiger partial charge in [0.05, 0.1) is 16.9 Å². The number of rotatable bonds is 3. The number of halogens is 3. The molecular formula is C14H19F3N2O. The van der Waals surface area contributed by atoms with Crippen LogP contribution in [0.15, 0.2) is 18.2 Å².